The van der Waals surface area contributed by atoms with Gasteiger partial charge in [0, 0.05) is 19.3 Å². The molecule has 160 valence electrons. The maximum atomic E-state index is 12.5. The molecule has 2 aliphatic heterocycles. The van der Waals surface area contributed by atoms with Crippen molar-refractivity contribution in [3.8, 4) is 0 Å². The van der Waals surface area contributed by atoms with Gasteiger partial charge in [-0.05, 0) is 24.8 Å². The van der Waals surface area contributed by atoms with Crippen molar-refractivity contribution < 1.29 is 24.1 Å². The molecule has 0 aliphatic carbocycles. The summed E-state index contributed by atoms with van der Waals surface area (Å²) >= 11 is 0. The quantitative estimate of drug-likeness (QED) is 0.587. The molecule has 1 aromatic carbocycles. The molecular weight excluding hydrogens is 368 g/mol. The molecule has 1 aromatic rings. The second kappa shape index (κ2) is 10.9. The molecule has 2 fully saturated rings. The lowest BCUT2D eigenvalue weighted by Crippen LogP contribution is -2.39. The van der Waals surface area contributed by atoms with Gasteiger partial charge in [-0.25, -0.2) is 0 Å². The molecule has 2 heterocycles. The number of aliphatic hydroxyl groups excluding tert-OH is 1. The summed E-state index contributed by atoms with van der Waals surface area (Å²) in [6, 6.07) is 10.1. The minimum absolute atomic E-state index is 0.0267. The third-order valence-corrected chi connectivity index (χ3v) is 5.64. The van der Waals surface area contributed by atoms with E-state index in [4.69, 9.17) is 14.2 Å². The first-order valence-corrected chi connectivity index (χ1v) is 10.9. The van der Waals surface area contributed by atoms with E-state index in [0.29, 0.717) is 32.3 Å². The van der Waals surface area contributed by atoms with E-state index in [-0.39, 0.29) is 36.8 Å². The fourth-order valence-electron chi connectivity index (χ4n) is 4.35. The highest BCUT2D eigenvalue weighted by Gasteiger charge is 2.33. The summed E-state index contributed by atoms with van der Waals surface area (Å²) < 4.78 is 18.0. The number of benzene rings is 1. The van der Waals surface area contributed by atoms with Gasteiger partial charge in [0.25, 0.3) is 0 Å². The van der Waals surface area contributed by atoms with Crippen LogP contribution in [-0.2, 0) is 25.6 Å². The molecule has 0 aromatic heterocycles. The number of esters is 1. The smallest absolute Gasteiger partial charge is 0.308 e. The van der Waals surface area contributed by atoms with Crippen molar-refractivity contribution in [3.05, 3.63) is 48.0 Å². The van der Waals surface area contributed by atoms with E-state index < -0.39 is 6.10 Å². The maximum absolute atomic E-state index is 12.5. The van der Waals surface area contributed by atoms with Gasteiger partial charge < -0.3 is 19.3 Å². The Hall–Kier alpha value is -1.69. The molecular formula is C24H34O5. The van der Waals surface area contributed by atoms with Crippen molar-refractivity contribution in [1.82, 2.24) is 0 Å². The van der Waals surface area contributed by atoms with Crippen molar-refractivity contribution in [1.29, 1.82) is 0 Å². The summed E-state index contributed by atoms with van der Waals surface area (Å²) in [6.07, 6.45) is 3.99. The fourth-order valence-corrected chi connectivity index (χ4v) is 4.35. The molecule has 0 spiro atoms. The van der Waals surface area contributed by atoms with Crippen molar-refractivity contribution in [2.45, 2.75) is 95.4 Å². The van der Waals surface area contributed by atoms with Crippen molar-refractivity contribution >= 4 is 5.97 Å². The van der Waals surface area contributed by atoms with Crippen LogP contribution in [0.25, 0.3) is 0 Å². The van der Waals surface area contributed by atoms with Crippen LogP contribution in [0.2, 0.25) is 0 Å². The minimum Gasteiger partial charge on any atom is -0.462 e. The highest BCUT2D eigenvalue weighted by atomic mass is 16.6. The van der Waals surface area contributed by atoms with E-state index in [2.05, 4.69) is 25.6 Å². The molecule has 0 saturated carbocycles. The SMILES string of the molecule is C=C1C[C@@H](O)C[C@H](CCC)OC(=O)C[C@H]2C[C@@H](OCc3ccccc3)C[C@@H](C1)O2. The van der Waals surface area contributed by atoms with Gasteiger partial charge in [-0.1, -0.05) is 55.8 Å². The zero-order valence-electron chi connectivity index (χ0n) is 17.4. The van der Waals surface area contributed by atoms with Crippen molar-refractivity contribution in [3.63, 3.8) is 0 Å². The van der Waals surface area contributed by atoms with Crippen LogP contribution in [0.1, 0.15) is 63.9 Å². The number of carbonyl (C=O) groups excluding carboxylic acids is 1. The lowest BCUT2D eigenvalue weighted by molar-refractivity contribution is -0.162. The summed E-state index contributed by atoms with van der Waals surface area (Å²) in [5, 5.41) is 10.4. The Balaban J connectivity index is 1.66. The van der Waals surface area contributed by atoms with Crippen LogP contribution in [0.15, 0.2) is 42.5 Å². The van der Waals surface area contributed by atoms with Crippen LogP contribution in [-0.4, -0.2) is 41.6 Å². The Kier molecular flexibility index (Phi) is 8.28. The van der Waals surface area contributed by atoms with Gasteiger partial charge in [0.05, 0.1) is 37.4 Å². The van der Waals surface area contributed by atoms with Crippen LogP contribution in [0, 0.1) is 0 Å². The number of cyclic esters (lactones) is 1. The summed E-state index contributed by atoms with van der Waals surface area (Å²) in [5.41, 5.74) is 2.11. The van der Waals surface area contributed by atoms with Gasteiger partial charge in [0.1, 0.15) is 6.10 Å². The first-order valence-electron chi connectivity index (χ1n) is 10.9. The second-order valence-electron chi connectivity index (χ2n) is 8.42. The van der Waals surface area contributed by atoms with Crippen LogP contribution in [0.5, 0.6) is 0 Å². The van der Waals surface area contributed by atoms with Crippen LogP contribution < -0.4 is 0 Å². The molecule has 5 nitrogen and oxygen atoms in total. The Bertz CT molecular complexity index is 658. The maximum Gasteiger partial charge on any atom is 0.308 e. The summed E-state index contributed by atoms with van der Waals surface area (Å²) in [7, 11) is 0. The minimum atomic E-state index is -0.546. The average Bonchev–Trinajstić information content (AvgIpc) is 2.66. The molecule has 0 radical (unpaired) electrons. The van der Waals surface area contributed by atoms with Crippen LogP contribution in [0.3, 0.4) is 0 Å². The van der Waals surface area contributed by atoms with E-state index in [1.165, 1.54) is 0 Å². The molecule has 0 unspecified atom stereocenters. The molecule has 3 rings (SSSR count). The molecule has 2 aliphatic rings. The molecule has 1 N–H and O–H groups in total. The van der Waals surface area contributed by atoms with E-state index >= 15 is 0 Å². The average molecular weight is 403 g/mol. The van der Waals surface area contributed by atoms with E-state index in [9.17, 15) is 9.90 Å². The Morgan fingerprint density at radius 3 is 2.55 bits per heavy atom. The molecule has 2 saturated heterocycles. The zero-order chi connectivity index (χ0) is 20.6. The van der Waals surface area contributed by atoms with Gasteiger partial charge in [-0.3, -0.25) is 4.79 Å². The third-order valence-electron chi connectivity index (χ3n) is 5.64. The fraction of sp³-hybridized carbons (Fsp3) is 0.625. The van der Waals surface area contributed by atoms with Crippen LogP contribution in [0.4, 0.5) is 0 Å². The molecule has 5 heteroatoms. The van der Waals surface area contributed by atoms with E-state index in [1.54, 1.807) is 0 Å². The summed E-state index contributed by atoms with van der Waals surface area (Å²) in [6.45, 7) is 6.76. The first kappa shape index (κ1) is 22.0. The number of carbonyl (C=O) groups is 1. The van der Waals surface area contributed by atoms with Crippen molar-refractivity contribution in [2.24, 2.45) is 0 Å². The predicted octanol–water partition coefficient (Wildman–Crippen LogP) is 4.32. The monoisotopic (exact) mass is 402 g/mol. The summed E-state index contributed by atoms with van der Waals surface area (Å²) in [4.78, 5) is 12.5. The number of hydrogen-bond acceptors (Lipinski definition) is 5. The molecule has 0 amide bonds. The molecule has 29 heavy (non-hydrogen) atoms. The van der Waals surface area contributed by atoms with Crippen molar-refractivity contribution in [2.75, 3.05) is 0 Å². The number of rotatable bonds is 5. The topological polar surface area (TPSA) is 65.0 Å². The largest absolute Gasteiger partial charge is 0.462 e. The predicted molar refractivity (Wildman–Crippen MR) is 111 cm³/mol. The van der Waals surface area contributed by atoms with Gasteiger partial charge in [-0.15, -0.1) is 0 Å². The number of fused-ring (bicyclic) bond motifs is 2. The lowest BCUT2D eigenvalue weighted by Gasteiger charge is -2.36. The van der Waals surface area contributed by atoms with Gasteiger partial charge in [0.2, 0.25) is 0 Å². The Labute approximate surface area is 174 Å². The summed E-state index contributed by atoms with van der Waals surface area (Å²) in [5.74, 6) is -0.248. The van der Waals surface area contributed by atoms with Gasteiger partial charge >= 0.3 is 5.97 Å². The number of aliphatic hydroxyl groups is 1. The number of hydrogen-bond donors (Lipinski definition) is 1. The second-order valence-corrected chi connectivity index (χ2v) is 8.42. The van der Waals surface area contributed by atoms with E-state index in [1.807, 2.05) is 18.2 Å². The molecule has 5 atom stereocenters. The standard InChI is InChI=1S/C24H34O5/c1-3-7-20-12-19(25)10-17(2)11-22-13-21(14-23(28-22)15-24(26)29-20)27-16-18-8-5-4-6-9-18/h4-6,8-9,19-23,25H,2-3,7,10-16H2,1H3/t19-,20+,21+,22-,23-/m1/s1. The highest BCUT2D eigenvalue weighted by molar-refractivity contribution is 5.70. The highest BCUT2D eigenvalue weighted by Crippen LogP contribution is 2.30. The van der Waals surface area contributed by atoms with Crippen LogP contribution >= 0.6 is 0 Å². The molecule has 2 bridgehead atoms. The zero-order valence-corrected chi connectivity index (χ0v) is 17.4. The van der Waals surface area contributed by atoms with Gasteiger partial charge in [0.15, 0.2) is 0 Å². The third kappa shape index (κ3) is 7.25. The Morgan fingerprint density at radius 2 is 1.83 bits per heavy atom. The van der Waals surface area contributed by atoms with Gasteiger partial charge in [-0.2, -0.15) is 0 Å². The lowest BCUT2D eigenvalue weighted by atomic mass is 9.92. The first-order chi connectivity index (χ1) is 14.0. The Morgan fingerprint density at radius 1 is 1.10 bits per heavy atom. The van der Waals surface area contributed by atoms with E-state index in [0.717, 1.165) is 30.4 Å². The normalized spacial score (nSPS) is 31.4. The number of ether oxygens (including phenoxy) is 3.